The van der Waals surface area contributed by atoms with E-state index in [1.807, 2.05) is 11.0 Å². The van der Waals surface area contributed by atoms with Crippen LogP contribution in [-0.2, 0) is 12.3 Å². The largest absolute Gasteiger partial charge is 0.325 e. The van der Waals surface area contributed by atoms with E-state index < -0.39 is 0 Å². The Morgan fingerprint density at radius 3 is 3.11 bits per heavy atom. The Labute approximate surface area is 109 Å². The van der Waals surface area contributed by atoms with Crippen LogP contribution < -0.4 is 4.90 Å². The number of alkyl halides is 1. The quantitative estimate of drug-likeness (QED) is 0.780. The van der Waals surface area contributed by atoms with Gasteiger partial charge >= 0.3 is 0 Å². The SMILES string of the molecule is Fc1ccc2c(c1)N(c1ncncc1CCl)CC2. The third-order valence-corrected chi connectivity index (χ3v) is 3.39. The average molecular weight is 264 g/mol. The first kappa shape index (κ1) is 11.4. The highest BCUT2D eigenvalue weighted by Crippen LogP contribution is 2.35. The van der Waals surface area contributed by atoms with Crippen LogP contribution in [0.25, 0.3) is 0 Å². The first-order valence-corrected chi connectivity index (χ1v) is 6.24. The summed E-state index contributed by atoms with van der Waals surface area (Å²) >= 11 is 5.89. The Morgan fingerprint density at radius 2 is 2.28 bits per heavy atom. The van der Waals surface area contributed by atoms with Crippen LogP contribution in [0.1, 0.15) is 11.1 Å². The van der Waals surface area contributed by atoms with E-state index in [9.17, 15) is 4.39 Å². The summed E-state index contributed by atoms with van der Waals surface area (Å²) < 4.78 is 13.3. The van der Waals surface area contributed by atoms with Crippen molar-refractivity contribution in [3.05, 3.63) is 47.7 Å². The number of aromatic nitrogens is 2. The van der Waals surface area contributed by atoms with Gasteiger partial charge in [0.1, 0.15) is 18.0 Å². The van der Waals surface area contributed by atoms with Crippen molar-refractivity contribution in [1.29, 1.82) is 0 Å². The van der Waals surface area contributed by atoms with Crippen LogP contribution in [0.5, 0.6) is 0 Å². The molecule has 18 heavy (non-hydrogen) atoms. The Balaban J connectivity index is 2.08. The van der Waals surface area contributed by atoms with Crippen molar-refractivity contribution in [2.75, 3.05) is 11.4 Å². The molecule has 0 fully saturated rings. The fraction of sp³-hybridized carbons (Fsp3) is 0.231. The van der Waals surface area contributed by atoms with Gasteiger partial charge in [-0.05, 0) is 24.1 Å². The molecule has 3 rings (SSSR count). The molecule has 0 amide bonds. The van der Waals surface area contributed by atoms with Gasteiger partial charge in [0, 0.05) is 24.0 Å². The molecular weight excluding hydrogens is 253 g/mol. The lowest BCUT2D eigenvalue weighted by Crippen LogP contribution is -2.16. The maximum atomic E-state index is 13.3. The Morgan fingerprint density at radius 1 is 1.39 bits per heavy atom. The van der Waals surface area contributed by atoms with E-state index in [0.717, 1.165) is 35.6 Å². The van der Waals surface area contributed by atoms with Crippen molar-refractivity contribution in [3.63, 3.8) is 0 Å². The van der Waals surface area contributed by atoms with Gasteiger partial charge in [-0.2, -0.15) is 0 Å². The molecule has 2 aromatic rings. The lowest BCUT2D eigenvalue weighted by atomic mass is 10.1. The molecule has 0 bridgehead atoms. The zero-order valence-corrected chi connectivity index (χ0v) is 10.4. The molecule has 0 spiro atoms. The molecule has 0 N–H and O–H groups in total. The first-order chi connectivity index (χ1) is 8.79. The topological polar surface area (TPSA) is 29.0 Å². The molecule has 0 radical (unpaired) electrons. The Kier molecular flexibility index (Phi) is 2.88. The van der Waals surface area contributed by atoms with Gasteiger partial charge in [-0.1, -0.05) is 6.07 Å². The maximum absolute atomic E-state index is 13.3. The van der Waals surface area contributed by atoms with Crippen LogP contribution in [0.4, 0.5) is 15.9 Å². The monoisotopic (exact) mass is 263 g/mol. The van der Waals surface area contributed by atoms with Gasteiger partial charge in [-0.3, -0.25) is 0 Å². The average Bonchev–Trinajstić information content (AvgIpc) is 2.81. The molecule has 5 heteroatoms. The predicted molar refractivity (Wildman–Crippen MR) is 68.7 cm³/mol. The van der Waals surface area contributed by atoms with Gasteiger partial charge in [0.15, 0.2) is 0 Å². The summed E-state index contributed by atoms with van der Waals surface area (Å²) in [7, 11) is 0. The van der Waals surface area contributed by atoms with Crippen molar-refractivity contribution in [1.82, 2.24) is 9.97 Å². The lowest BCUT2D eigenvalue weighted by Gasteiger charge is -2.20. The molecule has 0 unspecified atom stereocenters. The third kappa shape index (κ3) is 1.82. The van der Waals surface area contributed by atoms with Crippen molar-refractivity contribution in [2.24, 2.45) is 0 Å². The van der Waals surface area contributed by atoms with E-state index in [1.54, 1.807) is 12.3 Å². The number of nitrogens with zero attached hydrogens (tertiary/aromatic N) is 3. The molecule has 1 aromatic carbocycles. The van der Waals surface area contributed by atoms with E-state index in [2.05, 4.69) is 9.97 Å². The summed E-state index contributed by atoms with van der Waals surface area (Å²) in [5.74, 6) is 0.878. The fourth-order valence-electron chi connectivity index (χ4n) is 2.26. The standard InChI is InChI=1S/C13H11ClFN3/c14-6-10-7-16-8-17-13(10)18-4-3-9-1-2-11(15)5-12(9)18/h1-2,5,7-8H,3-4,6H2. The van der Waals surface area contributed by atoms with Crippen LogP contribution in [0.2, 0.25) is 0 Å². The number of hydrogen-bond donors (Lipinski definition) is 0. The summed E-state index contributed by atoms with van der Waals surface area (Å²) in [5.41, 5.74) is 2.87. The number of halogens is 2. The molecule has 2 heterocycles. The van der Waals surface area contributed by atoms with Crippen LogP contribution in [0.3, 0.4) is 0 Å². The molecular formula is C13H11ClFN3. The zero-order valence-electron chi connectivity index (χ0n) is 9.61. The van der Waals surface area contributed by atoms with Crippen molar-refractivity contribution in [2.45, 2.75) is 12.3 Å². The number of hydrogen-bond acceptors (Lipinski definition) is 3. The molecule has 0 aliphatic carbocycles. The summed E-state index contributed by atoms with van der Waals surface area (Å²) in [4.78, 5) is 10.2. The van der Waals surface area contributed by atoms with Crippen LogP contribution in [0.15, 0.2) is 30.7 Å². The molecule has 92 valence electrons. The normalized spacial score (nSPS) is 13.8. The molecule has 0 saturated carbocycles. The summed E-state index contributed by atoms with van der Waals surface area (Å²) in [6, 6.07) is 4.86. The molecule has 1 aromatic heterocycles. The minimum atomic E-state index is -0.234. The highest BCUT2D eigenvalue weighted by molar-refractivity contribution is 6.17. The number of fused-ring (bicyclic) bond motifs is 1. The van der Waals surface area contributed by atoms with E-state index in [1.165, 1.54) is 12.4 Å². The van der Waals surface area contributed by atoms with E-state index in [4.69, 9.17) is 11.6 Å². The third-order valence-electron chi connectivity index (χ3n) is 3.11. The van der Waals surface area contributed by atoms with E-state index in [-0.39, 0.29) is 5.82 Å². The molecule has 0 atom stereocenters. The van der Waals surface area contributed by atoms with Crippen molar-refractivity contribution < 1.29 is 4.39 Å². The summed E-state index contributed by atoms with van der Waals surface area (Å²) in [5, 5.41) is 0. The fourth-order valence-corrected chi connectivity index (χ4v) is 2.45. The molecule has 3 nitrogen and oxygen atoms in total. The minimum Gasteiger partial charge on any atom is -0.325 e. The second-order valence-electron chi connectivity index (χ2n) is 4.18. The Bertz CT molecular complexity index is 588. The highest BCUT2D eigenvalue weighted by Gasteiger charge is 2.23. The van der Waals surface area contributed by atoms with Gasteiger partial charge in [-0.15, -0.1) is 11.6 Å². The Hall–Kier alpha value is -1.68. The number of rotatable bonds is 2. The van der Waals surface area contributed by atoms with E-state index >= 15 is 0 Å². The van der Waals surface area contributed by atoms with Crippen LogP contribution in [-0.4, -0.2) is 16.5 Å². The highest BCUT2D eigenvalue weighted by atomic mass is 35.5. The van der Waals surface area contributed by atoms with Gasteiger partial charge in [0.25, 0.3) is 0 Å². The second-order valence-corrected chi connectivity index (χ2v) is 4.45. The van der Waals surface area contributed by atoms with Crippen LogP contribution >= 0.6 is 11.6 Å². The predicted octanol–water partition coefficient (Wildman–Crippen LogP) is 3.05. The molecule has 1 aliphatic heterocycles. The van der Waals surface area contributed by atoms with Gasteiger partial charge in [-0.25, -0.2) is 14.4 Å². The van der Waals surface area contributed by atoms with E-state index in [0.29, 0.717) is 5.88 Å². The van der Waals surface area contributed by atoms with Crippen molar-refractivity contribution >= 4 is 23.1 Å². The minimum absolute atomic E-state index is 0.234. The van der Waals surface area contributed by atoms with Gasteiger partial charge in [0.05, 0.1) is 5.88 Å². The summed E-state index contributed by atoms with van der Waals surface area (Å²) in [6.07, 6.45) is 4.08. The number of benzene rings is 1. The maximum Gasteiger partial charge on any atom is 0.140 e. The van der Waals surface area contributed by atoms with Gasteiger partial charge < -0.3 is 4.90 Å². The molecule has 1 aliphatic rings. The smallest absolute Gasteiger partial charge is 0.140 e. The summed E-state index contributed by atoms with van der Waals surface area (Å²) in [6.45, 7) is 0.791. The van der Waals surface area contributed by atoms with Crippen molar-refractivity contribution in [3.8, 4) is 0 Å². The first-order valence-electron chi connectivity index (χ1n) is 5.70. The number of anilines is 2. The van der Waals surface area contributed by atoms with Gasteiger partial charge in [0.2, 0.25) is 0 Å². The zero-order chi connectivity index (χ0) is 12.5. The lowest BCUT2D eigenvalue weighted by molar-refractivity contribution is 0.628. The molecule has 0 saturated heterocycles. The van der Waals surface area contributed by atoms with Crippen LogP contribution in [0, 0.1) is 5.82 Å². The second kappa shape index (κ2) is 4.53.